The predicted molar refractivity (Wildman–Crippen MR) is 246 cm³/mol. The van der Waals surface area contributed by atoms with E-state index < -0.39 is 0 Å². The SMILES string of the molecule is c1ccc(-c2nc3ccc4ccc5ccc(N(c6ccccc6-c6ccc7c(c6)c6ccccc6n7-c6ccccc6)c6cccc7ccccc67)cc5c4c3o2)cc1. The number of benzene rings is 10. The standard InChI is InChI=1S/C55H35N3O/c1-3-15-39(16-4-1)55-56-48-32-29-38-27-26-37-28-31-42(35-46(37)53(38)54(48)59-55)58(50-25-13-17-36-14-7-8-20-43(36)50)49-23-11-9-21-44(49)40-30-33-52-47(34-40)45-22-10-12-24-51(45)57(52)41-18-5-2-6-19-41/h1-35H. The maximum absolute atomic E-state index is 6.65. The van der Waals surface area contributed by atoms with E-state index in [1.54, 1.807) is 0 Å². The minimum atomic E-state index is 0.622. The van der Waals surface area contributed by atoms with Gasteiger partial charge in [-0.3, -0.25) is 0 Å². The highest BCUT2D eigenvalue weighted by atomic mass is 16.3. The van der Waals surface area contributed by atoms with Crippen LogP contribution in [0, 0.1) is 0 Å². The maximum Gasteiger partial charge on any atom is 0.227 e. The summed E-state index contributed by atoms with van der Waals surface area (Å²) in [7, 11) is 0. The molecule has 0 amide bonds. The van der Waals surface area contributed by atoms with Gasteiger partial charge in [-0.2, -0.15) is 0 Å². The topological polar surface area (TPSA) is 34.2 Å². The van der Waals surface area contributed by atoms with Crippen LogP contribution < -0.4 is 4.90 Å². The summed E-state index contributed by atoms with van der Waals surface area (Å²) in [4.78, 5) is 7.39. The van der Waals surface area contributed by atoms with Crippen molar-refractivity contribution in [1.82, 2.24) is 9.55 Å². The number of rotatable bonds is 6. The molecule has 0 fully saturated rings. The van der Waals surface area contributed by atoms with Crippen LogP contribution in [0.15, 0.2) is 217 Å². The third-order valence-corrected chi connectivity index (χ3v) is 11.8. The second-order valence-corrected chi connectivity index (χ2v) is 15.1. The van der Waals surface area contributed by atoms with Crippen molar-refractivity contribution >= 4 is 82.3 Å². The van der Waals surface area contributed by atoms with Crippen molar-refractivity contribution < 1.29 is 4.42 Å². The number of anilines is 3. The van der Waals surface area contributed by atoms with E-state index in [2.05, 4.69) is 191 Å². The zero-order chi connectivity index (χ0) is 38.9. The molecule has 0 aliphatic rings. The fourth-order valence-corrected chi connectivity index (χ4v) is 9.07. The molecule has 10 aromatic carbocycles. The van der Waals surface area contributed by atoms with Crippen molar-refractivity contribution in [1.29, 1.82) is 0 Å². The van der Waals surface area contributed by atoms with E-state index >= 15 is 0 Å². The number of aromatic nitrogens is 2. The zero-order valence-corrected chi connectivity index (χ0v) is 32.0. The van der Waals surface area contributed by atoms with E-state index in [4.69, 9.17) is 9.40 Å². The summed E-state index contributed by atoms with van der Waals surface area (Å²) in [6.07, 6.45) is 0. The Morgan fingerprint density at radius 2 is 1.08 bits per heavy atom. The Kier molecular flexibility index (Phi) is 7.50. The van der Waals surface area contributed by atoms with Crippen molar-refractivity contribution in [2.75, 3.05) is 4.90 Å². The third kappa shape index (κ3) is 5.34. The molecule has 0 aliphatic carbocycles. The summed E-state index contributed by atoms with van der Waals surface area (Å²) < 4.78 is 9.02. The summed E-state index contributed by atoms with van der Waals surface area (Å²) in [5.74, 6) is 0.622. The fourth-order valence-electron chi connectivity index (χ4n) is 9.07. The van der Waals surface area contributed by atoms with Gasteiger partial charge in [0.1, 0.15) is 5.52 Å². The molecule has 0 saturated carbocycles. The molecule has 0 bridgehead atoms. The highest BCUT2D eigenvalue weighted by Crippen LogP contribution is 2.46. The van der Waals surface area contributed by atoms with Gasteiger partial charge < -0.3 is 13.9 Å². The molecule has 0 atom stereocenters. The molecule has 0 N–H and O–H groups in total. The monoisotopic (exact) mass is 753 g/mol. The molecule has 4 heteroatoms. The molecule has 0 aliphatic heterocycles. The summed E-state index contributed by atoms with van der Waals surface area (Å²) in [5, 5.41) is 9.22. The van der Waals surface area contributed by atoms with Gasteiger partial charge in [-0.05, 0) is 99.9 Å². The van der Waals surface area contributed by atoms with E-state index in [0.717, 1.165) is 72.1 Å². The van der Waals surface area contributed by atoms with Crippen molar-refractivity contribution in [3.05, 3.63) is 212 Å². The van der Waals surface area contributed by atoms with Gasteiger partial charge >= 0.3 is 0 Å². The Bertz CT molecular complexity index is 3560. The lowest BCUT2D eigenvalue weighted by Crippen LogP contribution is -2.11. The van der Waals surface area contributed by atoms with E-state index in [1.165, 1.54) is 32.6 Å². The third-order valence-electron chi connectivity index (χ3n) is 11.8. The molecule has 0 radical (unpaired) electrons. The lowest BCUT2D eigenvalue weighted by atomic mass is 9.97. The minimum Gasteiger partial charge on any atom is -0.435 e. The Morgan fingerprint density at radius 1 is 0.424 bits per heavy atom. The maximum atomic E-state index is 6.65. The Hall–Kier alpha value is -7.95. The quantitative estimate of drug-likeness (QED) is 0.159. The first-order valence-corrected chi connectivity index (χ1v) is 20.0. The van der Waals surface area contributed by atoms with Crippen LogP contribution in [0.4, 0.5) is 17.1 Å². The van der Waals surface area contributed by atoms with Crippen LogP contribution in [0.3, 0.4) is 0 Å². The van der Waals surface area contributed by atoms with Crippen LogP contribution in [0.1, 0.15) is 0 Å². The van der Waals surface area contributed by atoms with Gasteiger partial charge in [-0.25, -0.2) is 4.98 Å². The molecule has 276 valence electrons. The van der Waals surface area contributed by atoms with E-state index in [0.29, 0.717) is 5.89 Å². The predicted octanol–water partition coefficient (Wildman–Crippen LogP) is 15.2. The van der Waals surface area contributed by atoms with Crippen LogP contribution in [-0.4, -0.2) is 9.55 Å². The normalized spacial score (nSPS) is 11.7. The Morgan fingerprint density at radius 3 is 1.98 bits per heavy atom. The zero-order valence-electron chi connectivity index (χ0n) is 32.0. The Balaban J connectivity index is 1.10. The number of para-hydroxylation sites is 3. The van der Waals surface area contributed by atoms with Crippen LogP contribution in [0.5, 0.6) is 0 Å². The largest absolute Gasteiger partial charge is 0.435 e. The van der Waals surface area contributed by atoms with Gasteiger partial charge in [0.25, 0.3) is 0 Å². The van der Waals surface area contributed by atoms with E-state index in [1.807, 2.05) is 30.3 Å². The van der Waals surface area contributed by atoms with Gasteiger partial charge in [0.05, 0.1) is 22.4 Å². The molecule has 12 aromatic rings. The number of fused-ring (bicyclic) bond motifs is 9. The Labute approximate surface area is 340 Å². The summed E-state index contributed by atoms with van der Waals surface area (Å²) in [5.41, 5.74) is 11.7. The number of oxazole rings is 1. The van der Waals surface area contributed by atoms with E-state index in [-0.39, 0.29) is 0 Å². The summed E-state index contributed by atoms with van der Waals surface area (Å²) in [6.45, 7) is 0. The molecule has 0 unspecified atom stereocenters. The van der Waals surface area contributed by atoms with Crippen LogP contribution >= 0.6 is 0 Å². The average molecular weight is 754 g/mol. The molecule has 2 heterocycles. The molecule has 0 spiro atoms. The fraction of sp³-hybridized carbons (Fsp3) is 0. The van der Waals surface area contributed by atoms with Crippen LogP contribution in [-0.2, 0) is 0 Å². The minimum absolute atomic E-state index is 0.622. The lowest BCUT2D eigenvalue weighted by molar-refractivity contribution is 0.623. The molecule has 2 aromatic heterocycles. The molecule has 4 nitrogen and oxygen atoms in total. The first kappa shape index (κ1) is 33.2. The van der Waals surface area contributed by atoms with Crippen molar-refractivity contribution in [2.24, 2.45) is 0 Å². The van der Waals surface area contributed by atoms with Crippen LogP contribution in [0.2, 0.25) is 0 Å². The smallest absolute Gasteiger partial charge is 0.227 e. The molecular formula is C55H35N3O. The van der Waals surface area contributed by atoms with E-state index in [9.17, 15) is 0 Å². The van der Waals surface area contributed by atoms with Gasteiger partial charge in [-0.1, -0.05) is 140 Å². The first-order valence-electron chi connectivity index (χ1n) is 20.0. The van der Waals surface area contributed by atoms with Crippen molar-refractivity contribution in [3.63, 3.8) is 0 Å². The van der Waals surface area contributed by atoms with Crippen LogP contribution in [0.25, 0.3) is 93.5 Å². The highest BCUT2D eigenvalue weighted by Gasteiger charge is 2.22. The molecule has 12 rings (SSSR count). The second kappa shape index (κ2) is 13.3. The van der Waals surface area contributed by atoms with Gasteiger partial charge in [0.2, 0.25) is 5.89 Å². The average Bonchev–Trinajstić information content (AvgIpc) is 3.89. The lowest BCUT2D eigenvalue weighted by Gasteiger charge is -2.29. The number of hydrogen-bond acceptors (Lipinski definition) is 3. The van der Waals surface area contributed by atoms with Gasteiger partial charge in [0, 0.05) is 44.0 Å². The first-order chi connectivity index (χ1) is 29.3. The highest BCUT2D eigenvalue weighted by molar-refractivity contribution is 6.19. The molecule has 59 heavy (non-hydrogen) atoms. The molecular weight excluding hydrogens is 719 g/mol. The van der Waals surface area contributed by atoms with Crippen molar-refractivity contribution in [3.8, 4) is 28.3 Å². The summed E-state index contributed by atoms with van der Waals surface area (Å²) >= 11 is 0. The number of nitrogens with zero attached hydrogens (tertiary/aromatic N) is 3. The molecule has 0 saturated heterocycles. The summed E-state index contributed by atoms with van der Waals surface area (Å²) in [6, 6.07) is 75.9. The van der Waals surface area contributed by atoms with Gasteiger partial charge in [0.15, 0.2) is 5.58 Å². The van der Waals surface area contributed by atoms with Crippen molar-refractivity contribution in [2.45, 2.75) is 0 Å². The second-order valence-electron chi connectivity index (χ2n) is 15.1. The number of hydrogen-bond donors (Lipinski definition) is 0. The van der Waals surface area contributed by atoms with Gasteiger partial charge in [-0.15, -0.1) is 0 Å².